The Labute approximate surface area is 113 Å². The van der Waals surface area contributed by atoms with E-state index in [9.17, 15) is 4.79 Å². The fourth-order valence-electron chi connectivity index (χ4n) is 2.34. The first-order valence-electron chi connectivity index (χ1n) is 7.37. The summed E-state index contributed by atoms with van der Waals surface area (Å²) in [7, 11) is 0. The molecule has 3 nitrogen and oxygen atoms in total. The van der Waals surface area contributed by atoms with Crippen LogP contribution in [0.1, 0.15) is 41.5 Å². The lowest BCUT2D eigenvalue weighted by atomic mass is 9.96. The molecule has 0 N–H and O–H groups in total. The van der Waals surface area contributed by atoms with Crippen molar-refractivity contribution >= 4 is 5.91 Å². The number of hydrogen-bond donors (Lipinski definition) is 0. The molecule has 1 aliphatic rings. The van der Waals surface area contributed by atoms with E-state index in [1.54, 1.807) is 0 Å². The third kappa shape index (κ3) is 3.71. The molecule has 2 atom stereocenters. The zero-order chi connectivity index (χ0) is 13.9. The highest BCUT2D eigenvalue weighted by Crippen LogP contribution is 2.17. The molecule has 0 saturated carbocycles. The van der Waals surface area contributed by atoms with Crippen molar-refractivity contribution in [1.29, 1.82) is 0 Å². The van der Waals surface area contributed by atoms with Gasteiger partial charge in [0.2, 0.25) is 5.91 Å². The van der Waals surface area contributed by atoms with Crippen molar-refractivity contribution in [1.82, 2.24) is 9.80 Å². The lowest BCUT2D eigenvalue weighted by Gasteiger charge is -2.40. The summed E-state index contributed by atoms with van der Waals surface area (Å²) in [5, 5.41) is 0. The molecule has 1 heterocycles. The summed E-state index contributed by atoms with van der Waals surface area (Å²) in [6, 6.07) is 0.616. The highest BCUT2D eigenvalue weighted by Gasteiger charge is 2.28. The van der Waals surface area contributed by atoms with Crippen LogP contribution < -0.4 is 0 Å². The Hall–Kier alpha value is -0.570. The largest absolute Gasteiger partial charge is 0.340 e. The van der Waals surface area contributed by atoms with Crippen LogP contribution in [-0.4, -0.2) is 47.9 Å². The van der Waals surface area contributed by atoms with Crippen LogP contribution in [0.4, 0.5) is 0 Å². The first-order chi connectivity index (χ1) is 8.34. The molecule has 1 aliphatic heterocycles. The number of piperazine rings is 1. The van der Waals surface area contributed by atoms with E-state index >= 15 is 0 Å². The fourth-order valence-corrected chi connectivity index (χ4v) is 2.34. The molecule has 0 bridgehead atoms. The Morgan fingerprint density at radius 3 is 1.72 bits per heavy atom. The summed E-state index contributed by atoms with van der Waals surface area (Å²) in [5.74, 6) is 1.60. The number of hydrogen-bond acceptors (Lipinski definition) is 2. The van der Waals surface area contributed by atoms with Crippen LogP contribution in [0.25, 0.3) is 0 Å². The van der Waals surface area contributed by atoms with Gasteiger partial charge in [-0.25, -0.2) is 0 Å². The van der Waals surface area contributed by atoms with Gasteiger partial charge in [0.1, 0.15) is 0 Å². The molecule has 0 spiro atoms. The van der Waals surface area contributed by atoms with Crippen LogP contribution in [0.3, 0.4) is 0 Å². The summed E-state index contributed by atoms with van der Waals surface area (Å²) >= 11 is 0. The molecule has 0 aromatic heterocycles. The SMILES string of the molecule is CC(C)C(C)C(=O)N1CCN(C(C)C(C)C)CC1. The Morgan fingerprint density at radius 1 is 0.833 bits per heavy atom. The minimum atomic E-state index is 0.152. The Kier molecular flexibility index (Phi) is 5.64. The van der Waals surface area contributed by atoms with E-state index in [-0.39, 0.29) is 5.92 Å². The minimum Gasteiger partial charge on any atom is -0.340 e. The molecule has 0 aliphatic carbocycles. The van der Waals surface area contributed by atoms with Gasteiger partial charge in [-0.1, -0.05) is 34.6 Å². The zero-order valence-electron chi connectivity index (χ0n) is 12.9. The van der Waals surface area contributed by atoms with E-state index in [2.05, 4.69) is 46.4 Å². The number of carbonyl (C=O) groups excluding carboxylic acids is 1. The second kappa shape index (κ2) is 6.55. The number of amides is 1. The second-order valence-corrected chi connectivity index (χ2v) is 6.38. The van der Waals surface area contributed by atoms with Gasteiger partial charge in [0.25, 0.3) is 0 Å². The van der Waals surface area contributed by atoms with Gasteiger partial charge in [0, 0.05) is 38.1 Å². The molecule has 1 rings (SSSR count). The van der Waals surface area contributed by atoms with Crippen molar-refractivity contribution in [3.05, 3.63) is 0 Å². The first kappa shape index (κ1) is 15.5. The van der Waals surface area contributed by atoms with Crippen LogP contribution in [0, 0.1) is 17.8 Å². The molecule has 2 unspecified atom stereocenters. The maximum atomic E-state index is 12.3. The van der Waals surface area contributed by atoms with E-state index in [4.69, 9.17) is 0 Å². The number of nitrogens with zero attached hydrogens (tertiary/aromatic N) is 2. The molecular weight excluding hydrogens is 224 g/mol. The summed E-state index contributed by atoms with van der Waals surface area (Å²) in [4.78, 5) is 16.8. The highest BCUT2D eigenvalue weighted by molar-refractivity contribution is 5.78. The average Bonchev–Trinajstić information content (AvgIpc) is 2.36. The van der Waals surface area contributed by atoms with Gasteiger partial charge >= 0.3 is 0 Å². The topological polar surface area (TPSA) is 23.6 Å². The van der Waals surface area contributed by atoms with Gasteiger partial charge in [-0.05, 0) is 18.8 Å². The quantitative estimate of drug-likeness (QED) is 0.769. The average molecular weight is 254 g/mol. The lowest BCUT2D eigenvalue weighted by molar-refractivity contribution is -0.138. The standard InChI is InChI=1S/C15H30N2O/c1-11(2)13(5)15(18)17-9-7-16(8-10-17)14(6)12(3)4/h11-14H,7-10H2,1-6H3. The Balaban J connectivity index is 2.46. The van der Waals surface area contributed by atoms with E-state index in [1.165, 1.54) is 0 Å². The van der Waals surface area contributed by atoms with Crippen molar-refractivity contribution in [3.63, 3.8) is 0 Å². The fraction of sp³-hybridized carbons (Fsp3) is 0.933. The third-order valence-corrected chi connectivity index (χ3v) is 4.56. The molecule has 1 amide bonds. The second-order valence-electron chi connectivity index (χ2n) is 6.38. The Bertz CT molecular complexity index is 268. The molecular formula is C15H30N2O. The van der Waals surface area contributed by atoms with Gasteiger partial charge in [0.15, 0.2) is 0 Å². The van der Waals surface area contributed by atoms with Crippen molar-refractivity contribution in [2.75, 3.05) is 26.2 Å². The van der Waals surface area contributed by atoms with Gasteiger partial charge in [0.05, 0.1) is 0 Å². The highest BCUT2D eigenvalue weighted by atomic mass is 16.2. The first-order valence-corrected chi connectivity index (χ1v) is 7.37. The molecule has 0 aromatic rings. The summed E-state index contributed by atoms with van der Waals surface area (Å²) in [5.41, 5.74) is 0. The smallest absolute Gasteiger partial charge is 0.225 e. The van der Waals surface area contributed by atoms with Gasteiger partial charge < -0.3 is 4.90 Å². The minimum absolute atomic E-state index is 0.152. The molecule has 0 aromatic carbocycles. The Morgan fingerprint density at radius 2 is 1.33 bits per heavy atom. The van der Waals surface area contributed by atoms with E-state index in [1.807, 2.05) is 4.90 Å². The van der Waals surface area contributed by atoms with Crippen LogP contribution >= 0.6 is 0 Å². The molecule has 0 radical (unpaired) electrons. The van der Waals surface area contributed by atoms with Gasteiger partial charge in [-0.3, -0.25) is 9.69 Å². The molecule has 1 fully saturated rings. The summed E-state index contributed by atoms with van der Waals surface area (Å²) in [6.45, 7) is 17.0. The van der Waals surface area contributed by atoms with Crippen molar-refractivity contribution in [3.8, 4) is 0 Å². The predicted octanol–water partition coefficient (Wildman–Crippen LogP) is 2.47. The van der Waals surface area contributed by atoms with Crippen molar-refractivity contribution < 1.29 is 4.79 Å². The molecule has 3 heteroatoms. The lowest BCUT2D eigenvalue weighted by Crippen LogP contribution is -2.53. The molecule has 1 saturated heterocycles. The van der Waals surface area contributed by atoms with Crippen molar-refractivity contribution in [2.24, 2.45) is 17.8 Å². The van der Waals surface area contributed by atoms with Gasteiger partial charge in [-0.2, -0.15) is 0 Å². The zero-order valence-corrected chi connectivity index (χ0v) is 12.9. The summed E-state index contributed by atoms with van der Waals surface area (Å²) in [6.07, 6.45) is 0. The van der Waals surface area contributed by atoms with Crippen LogP contribution in [0.2, 0.25) is 0 Å². The predicted molar refractivity (Wildman–Crippen MR) is 76.5 cm³/mol. The van der Waals surface area contributed by atoms with E-state index in [0.717, 1.165) is 26.2 Å². The number of rotatable bonds is 4. The van der Waals surface area contributed by atoms with Crippen molar-refractivity contribution in [2.45, 2.75) is 47.6 Å². The van der Waals surface area contributed by atoms with Gasteiger partial charge in [-0.15, -0.1) is 0 Å². The normalized spacial score (nSPS) is 21.4. The maximum absolute atomic E-state index is 12.3. The maximum Gasteiger partial charge on any atom is 0.225 e. The van der Waals surface area contributed by atoms with Crippen LogP contribution in [0.5, 0.6) is 0 Å². The van der Waals surface area contributed by atoms with Crippen LogP contribution in [0.15, 0.2) is 0 Å². The molecule has 18 heavy (non-hydrogen) atoms. The molecule has 106 valence electrons. The summed E-state index contributed by atoms with van der Waals surface area (Å²) < 4.78 is 0. The van der Waals surface area contributed by atoms with Crippen LogP contribution in [-0.2, 0) is 4.79 Å². The van der Waals surface area contributed by atoms with E-state index < -0.39 is 0 Å². The third-order valence-electron chi connectivity index (χ3n) is 4.56. The monoisotopic (exact) mass is 254 g/mol. The van der Waals surface area contributed by atoms with E-state index in [0.29, 0.717) is 23.8 Å². The number of carbonyl (C=O) groups is 1.